The van der Waals surface area contributed by atoms with Gasteiger partial charge in [-0.1, -0.05) is 17.4 Å². The zero-order valence-corrected chi connectivity index (χ0v) is 10.1. The van der Waals surface area contributed by atoms with Gasteiger partial charge in [0.05, 0.1) is 0 Å². The summed E-state index contributed by atoms with van der Waals surface area (Å²) in [6.45, 7) is 1.76. The van der Waals surface area contributed by atoms with Crippen LogP contribution >= 0.6 is 22.7 Å². The first-order chi connectivity index (χ1) is 7.08. The van der Waals surface area contributed by atoms with Crippen LogP contribution in [0.1, 0.15) is 5.01 Å². The topological polar surface area (TPSA) is 72.0 Å². The Hall–Kier alpha value is -0.990. The summed E-state index contributed by atoms with van der Waals surface area (Å²) in [4.78, 5) is 0. The minimum absolute atomic E-state index is 0.273. The Balaban J connectivity index is 2.26. The smallest absolute Gasteiger partial charge is 0.253 e. The molecule has 0 radical (unpaired) electrons. The van der Waals surface area contributed by atoms with Crippen molar-refractivity contribution in [2.45, 2.75) is 11.1 Å². The fraction of sp³-hybridized carbons (Fsp3) is 0.143. The number of sulfonamides is 1. The van der Waals surface area contributed by atoms with E-state index >= 15 is 0 Å². The first-order valence-corrected chi connectivity index (χ1v) is 7.12. The number of nitrogens with zero attached hydrogens (tertiary/aromatic N) is 2. The number of rotatable bonds is 3. The zero-order chi connectivity index (χ0) is 10.9. The van der Waals surface area contributed by atoms with Crippen molar-refractivity contribution in [3.8, 4) is 0 Å². The zero-order valence-electron chi connectivity index (χ0n) is 7.67. The van der Waals surface area contributed by atoms with Crippen molar-refractivity contribution in [1.82, 2.24) is 10.2 Å². The summed E-state index contributed by atoms with van der Waals surface area (Å²) in [6.07, 6.45) is 0. The molecule has 0 bridgehead atoms. The van der Waals surface area contributed by atoms with E-state index < -0.39 is 10.0 Å². The van der Waals surface area contributed by atoms with Crippen molar-refractivity contribution in [2.24, 2.45) is 0 Å². The lowest BCUT2D eigenvalue weighted by Gasteiger charge is -2.00. The number of aromatic nitrogens is 2. The fourth-order valence-corrected chi connectivity index (χ4v) is 3.73. The molecule has 2 aromatic rings. The Labute approximate surface area is 94.9 Å². The Bertz CT molecular complexity index is 544. The van der Waals surface area contributed by atoms with Crippen LogP contribution in [0.15, 0.2) is 21.7 Å². The number of hydrogen-bond acceptors (Lipinski definition) is 6. The minimum atomic E-state index is -3.48. The summed E-state index contributed by atoms with van der Waals surface area (Å²) in [5.41, 5.74) is 0. The molecule has 5 nitrogen and oxygen atoms in total. The van der Waals surface area contributed by atoms with Crippen LogP contribution in [-0.4, -0.2) is 18.6 Å². The van der Waals surface area contributed by atoms with E-state index in [1.807, 2.05) is 0 Å². The third-order valence-corrected chi connectivity index (χ3v) is 5.13. The molecule has 0 atom stereocenters. The van der Waals surface area contributed by atoms with Crippen LogP contribution in [0.3, 0.4) is 0 Å². The van der Waals surface area contributed by atoms with Gasteiger partial charge in [0.15, 0.2) is 0 Å². The lowest BCUT2D eigenvalue weighted by molar-refractivity contribution is 0.603. The van der Waals surface area contributed by atoms with Gasteiger partial charge in [0.25, 0.3) is 10.0 Å². The second-order valence-corrected chi connectivity index (χ2v) is 6.70. The van der Waals surface area contributed by atoms with Crippen molar-refractivity contribution >= 4 is 37.8 Å². The molecule has 2 aromatic heterocycles. The maximum atomic E-state index is 11.7. The summed E-state index contributed by atoms with van der Waals surface area (Å²) in [5.74, 6) is 0. The van der Waals surface area contributed by atoms with Crippen LogP contribution in [-0.2, 0) is 10.0 Å². The summed E-state index contributed by atoms with van der Waals surface area (Å²) >= 11 is 2.37. The molecule has 80 valence electrons. The highest BCUT2D eigenvalue weighted by Gasteiger charge is 2.16. The summed E-state index contributed by atoms with van der Waals surface area (Å²) < 4.78 is 26.1. The van der Waals surface area contributed by atoms with E-state index in [0.29, 0.717) is 5.13 Å². The van der Waals surface area contributed by atoms with Gasteiger partial charge < -0.3 is 0 Å². The fourth-order valence-electron chi connectivity index (χ4n) is 0.919. The predicted molar refractivity (Wildman–Crippen MR) is 59.8 cm³/mol. The molecule has 0 aliphatic heterocycles. The number of aryl methyl sites for hydroxylation is 1. The van der Waals surface area contributed by atoms with Gasteiger partial charge in [0, 0.05) is 0 Å². The Morgan fingerprint density at radius 3 is 2.73 bits per heavy atom. The highest BCUT2D eigenvalue weighted by Crippen LogP contribution is 2.21. The van der Waals surface area contributed by atoms with E-state index in [1.165, 1.54) is 11.3 Å². The van der Waals surface area contributed by atoms with E-state index in [4.69, 9.17) is 0 Å². The van der Waals surface area contributed by atoms with Gasteiger partial charge in [-0.15, -0.1) is 21.5 Å². The molecule has 15 heavy (non-hydrogen) atoms. The quantitative estimate of drug-likeness (QED) is 0.913. The standard InChI is InChI=1S/C7H7N3O2S3/c1-5-8-9-7(14-5)10-15(11,12)6-3-2-4-13-6/h2-4H,1H3,(H,9,10). The first-order valence-electron chi connectivity index (χ1n) is 3.94. The third kappa shape index (κ3) is 2.33. The molecule has 0 saturated heterocycles. The van der Waals surface area contributed by atoms with Crippen LogP contribution in [0.4, 0.5) is 5.13 Å². The van der Waals surface area contributed by atoms with Crippen LogP contribution < -0.4 is 4.72 Å². The lowest BCUT2D eigenvalue weighted by Crippen LogP contribution is -2.11. The van der Waals surface area contributed by atoms with Gasteiger partial charge in [0.1, 0.15) is 9.22 Å². The van der Waals surface area contributed by atoms with E-state index in [-0.39, 0.29) is 4.21 Å². The number of thiophene rings is 1. The SMILES string of the molecule is Cc1nnc(NS(=O)(=O)c2cccs2)s1. The van der Waals surface area contributed by atoms with Crippen LogP contribution in [0.5, 0.6) is 0 Å². The average Bonchev–Trinajstić information content (AvgIpc) is 2.75. The van der Waals surface area contributed by atoms with Crippen molar-refractivity contribution in [3.05, 3.63) is 22.5 Å². The molecule has 2 rings (SSSR count). The highest BCUT2D eigenvalue weighted by molar-refractivity contribution is 7.94. The van der Waals surface area contributed by atoms with E-state index in [0.717, 1.165) is 16.3 Å². The summed E-state index contributed by atoms with van der Waals surface area (Å²) in [7, 11) is -3.48. The molecule has 0 unspecified atom stereocenters. The predicted octanol–water partition coefficient (Wildman–Crippen LogP) is 1.71. The number of anilines is 1. The molecule has 0 aromatic carbocycles. The molecule has 2 heterocycles. The number of nitrogens with one attached hydrogen (secondary N) is 1. The van der Waals surface area contributed by atoms with Crippen LogP contribution in [0.2, 0.25) is 0 Å². The summed E-state index contributed by atoms with van der Waals surface area (Å²) in [5, 5.41) is 10.1. The van der Waals surface area contributed by atoms with Gasteiger partial charge in [-0.2, -0.15) is 0 Å². The molecular weight excluding hydrogens is 254 g/mol. The first kappa shape index (κ1) is 10.5. The molecule has 8 heteroatoms. The molecule has 0 aliphatic carbocycles. The number of hydrogen-bond donors (Lipinski definition) is 1. The molecule has 0 amide bonds. The van der Waals surface area contributed by atoms with Crippen molar-refractivity contribution in [2.75, 3.05) is 4.72 Å². The normalized spacial score (nSPS) is 11.5. The Kier molecular flexibility index (Phi) is 2.72. The van der Waals surface area contributed by atoms with Crippen molar-refractivity contribution in [1.29, 1.82) is 0 Å². The molecule has 0 aliphatic rings. The lowest BCUT2D eigenvalue weighted by atomic mass is 10.7. The molecule has 0 fully saturated rings. The van der Waals surface area contributed by atoms with Gasteiger partial charge in [-0.05, 0) is 18.4 Å². The second-order valence-electron chi connectivity index (χ2n) is 2.66. The van der Waals surface area contributed by atoms with E-state index in [9.17, 15) is 8.42 Å². The van der Waals surface area contributed by atoms with E-state index in [1.54, 1.807) is 24.4 Å². The van der Waals surface area contributed by atoms with E-state index in [2.05, 4.69) is 14.9 Å². The molecule has 0 saturated carbocycles. The van der Waals surface area contributed by atoms with Gasteiger partial charge in [-0.3, -0.25) is 4.72 Å². The van der Waals surface area contributed by atoms with Gasteiger partial charge in [-0.25, -0.2) is 8.42 Å². The van der Waals surface area contributed by atoms with Crippen molar-refractivity contribution in [3.63, 3.8) is 0 Å². The summed E-state index contributed by atoms with van der Waals surface area (Å²) in [6, 6.07) is 3.23. The Morgan fingerprint density at radius 1 is 1.40 bits per heavy atom. The highest BCUT2D eigenvalue weighted by atomic mass is 32.2. The maximum Gasteiger partial charge on any atom is 0.273 e. The van der Waals surface area contributed by atoms with Gasteiger partial charge >= 0.3 is 0 Å². The largest absolute Gasteiger partial charge is 0.273 e. The monoisotopic (exact) mass is 261 g/mol. The molecular formula is C7H7N3O2S3. The van der Waals surface area contributed by atoms with Gasteiger partial charge in [0.2, 0.25) is 5.13 Å². The molecule has 0 spiro atoms. The maximum absolute atomic E-state index is 11.7. The molecule has 1 N–H and O–H groups in total. The average molecular weight is 261 g/mol. The Morgan fingerprint density at radius 2 is 2.20 bits per heavy atom. The minimum Gasteiger partial charge on any atom is -0.253 e. The van der Waals surface area contributed by atoms with Crippen LogP contribution in [0, 0.1) is 6.92 Å². The third-order valence-electron chi connectivity index (χ3n) is 1.51. The second kappa shape index (κ2) is 3.87. The van der Waals surface area contributed by atoms with Crippen LogP contribution in [0.25, 0.3) is 0 Å². The van der Waals surface area contributed by atoms with Crippen molar-refractivity contribution < 1.29 is 8.42 Å².